The summed E-state index contributed by atoms with van der Waals surface area (Å²) in [5.41, 5.74) is 3.55. The third kappa shape index (κ3) is 2.81. The zero-order valence-corrected chi connectivity index (χ0v) is 14.9. The minimum atomic E-state index is -0.404. The Labute approximate surface area is 160 Å². The zero-order valence-electron chi connectivity index (χ0n) is 14.9. The Balaban J connectivity index is 1.66. The van der Waals surface area contributed by atoms with Crippen LogP contribution in [0.2, 0.25) is 0 Å². The van der Waals surface area contributed by atoms with Crippen molar-refractivity contribution in [3.63, 3.8) is 0 Å². The first-order valence-electron chi connectivity index (χ1n) is 8.97. The van der Waals surface area contributed by atoms with Crippen LogP contribution in [-0.2, 0) is 6.54 Å². The van der Waals surface area contributed by atoms with Gasteiger partial charge in [0.25, 0.3) is 0 Å². The van der Waals surface area contributed by atoms with Crippen molar-refractivity contribution in [1.29, 1.82) is 0 Å². The minimum Gasteiger partial charge on any atom is -0.473 e. The molecule has 0 saturated carbocycles. The molecule has 0 atom stereocenters. The molecule has 0 N–H and O–H groups in total. The molecule has 5 heteroatoms. The molecule has 0 spiro atoms. The Kier molecular flexibility index (Phi) is 3.86. The molecule has 0 fully saturated rings. The quantitative estimate of drug-likeness (QED) is 0.466. The van der Waals surface area contributed by atoms with Gasteiger partial charge in [-0.05, 0) is 47.5 Å². The molecule has 0 saturated heterocycles. The fraction of sp³-hybridized carbons (Fsp3) is 0.0870. The number of hydrogen-bond acceptors (Lipinski definition) is 4. The average Bonchev–Trinajstić information content (AvgIpc) is 2.74. The Morgan fingerprint density at radius 2 is 1.71 bits per heavy atom. The van der Waals surface area contributed by atoms with Gasteiger partial charge in [-0.25, -0.2) is 9.18 Å². The lowest BCUT2D eigenvalue weighted by Crippen LogP contribution is -2.32. The molecule has 0 unspecified atom stereocenters. The molecule has 1 aromatic heterocycles. The summed E-state index contributed by atoms with van der Waals surface area (Å²) in [6.07, 6.45) is 0. The van der Waals surface area contributed by atoms with Crippen molar-refractivity contribution in [2.45, 2.75) is 6.54 Å². The van der Waals surface area contributed by atoms with Gasteiger partial charge < -0.3 is 14.1 Å². The second kappa shape index (κ2) is 6.53. The number of ether oxygens (including phenoxy) is 1. The van der Waals surface area contributed by atoms with Crippen LogP contribution in [0.4, 0.5) is 10.1 Å². The zero-order chi connectivity index (χ0) is 19.1. The molecule has 4 nitrogen and oxygen atoms in total. The van der Waals surface area contributed by atoms with E-state index < -0.39 is 5.63 Å². The highest BCUT2D eigenvalue weighted by atomic mass is 19.1. The summed E-state index contributed by atoms with van der Waals surface area (Å²) >= 11 is 0. The molecule has 28 heavy (non-hydrogen) atoms. The fourth-order valence-corrected chi connectivity index (χ4v) is 3.61. The van der Waals surface area contributed by atoms with Crippen molar-refractivity contribution in [2.24, 2.45) is 0 Å². The minimum absolute atomic E-state index is 0.286. The maximum atomic E-state index is 13.3. The fourth-order valence-electron chi connectivity index (χ4n) is 3.61. The van der Waals surface area contributed by atoms with E-state index in [2.05, 4.69) is 0 Å². The van der Waals surface area contributed by atoms with E-state index in [1.54, 1.807) is 12.1 Å². The predicted octanol–water partition coefficient (Wildman–Crippen LogP) is 4.96. The maximum absolute atomic E-state index is 13.3. The van der Waals surface area contributed by atoms with Gasteiger partial charge in [-0.15, -0.1) is 0 Å². The van der Waals surface area contributed by atoms with Gasteiger partial charge in [0.1, 0.15) is 17.1 Å². The van der Waals surface area contributed by atoms with E-state index in [0.29, 0.717) is 24.6 Å². The summed E-state index contributed by atoms with van der Waals surface area (Å²) in [6.45, 7) is 0.840. The molecule has 0 amide bonds. The Morgan fingerprint density at radius 1 is 0.929 bits per heavy atom. The normalized spacial score (nSPS) is 13.2. The van der Waals surface area contributed by atoms with Crippen LogP contribution in [0.3, 0.4) is 0 Å². The number of benzene rings is 3. The van der Waals surface area contributed by atoms with Gasteiger partial charge in [0, 0.05) is 17.1 Å². The molecule has 4 aromatic rings. The van der Waals surface area contributed by atoms with Crippen LogP contribution in [0.25, 0.3) is 22.1 Å². The van der Waals surface area contributed by atoms with E-state index in [4.69, 9.17) is 9.15 Å². The van der Waals surface area contributed by atoms with Crippen molar-refractivity contribution < 1.29 is 13.5 Å². The highest BCUT2D eigenvalue weighted by Crippen LogP contribution is 2.37. The summed E-state index contributed by atoms with van der Waals surface area (Å²) in [7, 11) is 0. The molecule has 5 rings (SSSR count). The third-order valence-electron chi connectivity index (χ3n) is 4.97. The highest BCUT2D eigenvalue weighted by Gasteiger charge is 2.23. The highest BCUT2D eigenvalue weighted by molar-refractivity contribution is 5.96. The summed E-state index contributed by atoms with van der Waals surface area (Å²) in [4.78, 5) is 14.3. The number of fused-ring (bicyclic) bond motifs is 3. The molecule has 0 radical (unpaired) electrons. The van der Waals surface area contributed by atoms with Gasteiger partial charge >= 0.3 is 5.63 Å². The SMILES string of the molecule is O=c1cc(-c2ccccc2)c2ccc3c(c2o1)CN(c1ccc(F)cc1)CO3. The summed E-state index contributed by atoms with van der Waals surface area (Å²) in [6, 6.07) is 21.4. The molecule has 2 heterocycles. The first kappa shape index (κ1) is 16.6. The van der Waals surface area contributed by atoms with E-state index in [1.165, 1.54) is 18.2 Å². The standard InChI is InChI=1S/C23H16FNO3/c24-16-6-8-17(9-7-16)25-13-20-21(27-14-25)11-10-18-19(12-22(26)28-23(18)20)15-4-2-1-3-5-15/h1-12H,13-14H2. The van der Waals surface area contributed by atoms with Gasteiger partial charge in [-0.1, -0.05) is 30.3 Å². The van der Waals surface area contributed by atoms with Crippen molar-refractivity contribution in [3.8, 4) is 16.9 Å². The molecule has 3 aromatic carbocycles. The molecule has 0 bridgehead atoms. The van der Waals surface area contributed by atoms with Crippen LogP contribution in [0.1, 0.15) is 5.56 Å². The Morgan fingerprint density at radius 3 is 2.50 bits per heavy atom. The van der Waals surface area contributed by atoms with Crippen LogP contribution >= 0.6 is 0 Å². The van der Waals surface area contributed by atoms with E-state index in [9.17, 15) is 9.18 Å². The smallest absolute Gasteiger partial charge is 0.336 e. The van der Waals surface area contributed by atoms with Crippen molar-refractivity contribution in [3.05, 3.63) is 94.6 Å². The number of hydrogen-bond donors (Lipinski definition) is 0. The van der Waals surface area contributed by atoms with Crippen LogP contribution in [0, 0.1) is 5.82 Å². The Bertz CT molecular complexity index is 1220. The van der Waals surface area contributed by atoms with E-state index in [1.807, 2.05) is 47.4 Å². The van der Waals surface area contributed by atoms with Crippen LogP contribution in [-0.4, -0.2) is 6.73 Å². The van der Waals surface area contributed by atoms with Gasteiger partial charge in [0.15, 0.2) is 6.73 Å². The predicted molar refractivity (Wildman–Crippen MR) is 106 cm³/mol. The number of rotatable bonds is 2. The average molecular weight is 373 g/mol. The third-order valence-corrected chi connectivity index (χ3v) is 4.97. The van der Waals surface area contributed by atoms with Crippen molar-refractivity contribution >= 4 is 16.7 Å². The van der Waals surface area contributed by atoms with E-state index in [-0.39, 0.29) is 5.82 Å². The van der Waals surface area contributed by atoms with Crippen molar-refractivity contribution in [2.75, 3.05) is 11.6 Å². The monoisotopic (exact) mass is 373 g/mol. The van der Waals surface area contributed by atoms with Gasteiger partial charge in [0.2, 0.25) is 0 Å². The van der Waals surface area contributed by atoms with Crippen LogP contribution in [0.5, 0.6) is 5.75 Å². The van der Waals surface area contributed by atoms with Gasteiger partial charge in [-0.2, -0.15) is 0 Å². The van der Waals surface area contributed by atoms with Gasteiger partial charge in [-0.3, -0.25) is 0 Å². The largest absolute Gasteiger partial charge is 0.473 e. The van der Waals surface area contributed by atoms with E-state index >= 15 is 0 Å². The first-order valence-corrected chi connectivity index (χ1v) is 8.97. The number of nitrogens with zero attached hydrogens (tertiary/aromatic N) is 1. The Hall–Kier alpha value is -3.60. The summed E-state index contributed by atoms with van der Waals surface area (Å²) in [5.74, 6) is 0.408. The lowest BCUT2D eigenvalue weighted by Gasteiger charge is -2.31. The number of anilines is 1. The topological polar surface area (TPSA) is 42.7 Å². The molecule has 1 aliphatic rings. The van der Waals surface area contributed by atoms with E-state index in [0.717, 1.165) is 27.8 Å². The van der Waals surface area contributed by atoms with Crippen molar-refractivity contribution in [1.82, 2.24) is 0 Å². The first-order chi connectivity index (χ1) is 13.7. The summed E-state index contributed by atoms with van der Waals surface area (Å²) in [5, 5.41) is 0.856. The van der Waals surface area contributed by atoms with Gasteiger partial charge in [0.05, 0.1) is 12.1 Å². The molecule has 138 valence electrons. The second-order valence-electron chi connectivity index (χ2n) is 6.71. The molecule has 1 aliphatic heterocycles. The maximum Gasteiger partial charge on any atom is 0.336 e. The molecule has 0 aliphatic carbocycles. The lowest BCUT2D eigenvalue weighted by atomic mass is 9.99. The molecular formula is C23H16FNO3. The number of halogens is 1. The summed E-state index contributed by atoms with van der Waals surface area (Å²) < 4.78 is 24.7. The lowest BCUT2D eigenvalue weighted by molar-refractivity contribution is 0.289. The van der Waals surface area contributed by atoms with Crippen LogP contribution in [0.15, 0.2) is 82.0 Å². The second-order valence-corrected chi connectivity index (χ2v) is 6.71. The molecular weight excluding hydrogens is 357 g/mol. The van der Waals surface area contributed by atoms with Crippen LogP contribution < -0.4 is 15.3 Å².